The van der Waals surface area contributed by atoms with E-state index in [1.807, 2.05) is 0 Å². The Morgan fingerprint density at radius 1 is 1.08 bits per heavy atom. The van der Waals surface area contributed by atoms with Crippen molar-refractivity contribution in [3.05, 3.63) is 41.0 Å². The molecular weight excluding hydrogens is 320 g/mol. The lowest BCUT2D eigenvalue weighted by Gasteiger charge is -2.34. The van der Waals surface area contributed by atoms with Crippen molar-refractivity contribution in [2.45, 2.75) is 70.4 Å². The molecule has 3 nitrogen and oxygen atoms in total. The van der Waals surface area contributed by atoms with Crippen molar-refractivity contribution in [1.82, 2.24) is 10.2 Å². The Labute approximate surface area is 159 Å². The highest BCUT2D eigenvalue weighted by Gasteiger charge is 2.29. The van der Waals surface area contributed by atoms with Crippen molar-refractivity contribution < 1.29 is 5.11 Å². The Morgan fingerprint density at radius 2 is 1.69 bits per heavy atom. The first-order valence-corrected chi connectivity index (χ1v) is 10.6. The first kappa shape index (κ1) is 19.6. The van der Waals surface area contributed by atoms with Gasteiger partial charge < -0.3 is 10.4 Å². The number of piperidine rings is 2. The van der Waals surface area contributed by atoms with Gasteiger partial charge in [-0.3, -0.25) is 4.90 Å². The molecule has 0 radical (unpaired) electrons. The maximum absolute atomic E-state index is 10.7. The molecule has 144 valence electrons. The van der Waals surface area contributed by atoms with E-state index in [-0.39, 0.29) is 0 Å². The lowest BCUT2D eigenvalue weighted by atomic mass is 9.86. The van der Waals surface area contributed by atoms with E-state index in [1.54, 1.807) is 5.57 Å². The van der Waals surface area contributed by atoms with Crippen molar-refractivity contribution in [2.24, 2.45) is 0 Å². The van der Waals surface area contributed by atoms with Gasteiger partial charge in [0.25, 0.3) is 0 Å². The molecule has 2 N–H and O–H groups in total. The van der Waals surface area contributed by atoms with E-state index in [0.29, 0.717) is 0 Å². The topological polar surface area (TPSA) is 35.5 Å². The molecule has 0 amide bonds. The van der Waals surface area contributed by atoms with Gasteiger partial charge in [0.15, 0.2) is 0 Å². The molecular formula is C23H36N2O. The molecule has 0 aliphatic carbocycles. The van der Waals surface area contributed by atoms with Gasteiger partial charge in [0.1, 0.15) is 0 Å². The first-order valence-electron chi connectivity index (χ1n) is 10.6. The van der Waals surface area contributed by atoms with Crippen LogP contribution < -0.4 is 5.32 Å². The van der Waals surface area contributed by atoms with Crippen LogP contribution in [0.3, 0.4) is 0 Å². The normalized spacial score (nSPS) is 21.2. The minimum absolute atomic E-state index is 0.521. The first-order chi connectivity index (χ1) is 12.6. The summed E-state index contributed by atoms with van der Waals surface area (Å²) in [5.41, 5.74) is 3.61. The van der Waals surface area contributed by atoms with Crippen molar-refractivity contribution in [1.29, 1.82) is 0 Å². The van der Waals surface area contributed by atoms with Gasteiger partial charge in [-0.05, 0) is 62.7 Å². The van der Waals surface area contributed by atoms with Crippen molar-refractivity contribution in [3.63, 3.8) is 0 Å². The number of nitrogens with one attached hydrogen (secondary N) is 1. The van der Waals surface area contributed by atoms with Gasteiger partial charge in [-0.1, -0.05) is 49.8 Å². The van der Waals surface area contributed by atoms with Crippen molar-refractivity contribution in [2.75, 3.05) is 26.2 Å². The van der Waals surface area contributed by atoms with Gasteiger partial charge in [0.05, 0.1) is 5.60 Å². The number of benzene rings is 1. The summed E-state index contributed by atoms with van der Waals surface area (Å²) in [6.07, 6.45) is 9.79. The van der Waals surface area contributed by atoms with Crippen molar-refractivity contribution in [3.8, 4) is 0 Å². The molecule has 2 heterocycles. The summed E-state index contributed by atoms with van der Waals surface area (Å²) < 4.78 is 0. The zero-order valence-corrected chi connectivity index (χ0v) is 16.6. The lowest BCUT2D eigenvalue weighted by molar-refractivity contribution is 0.0109. The lowest BCUT2D eigenvalue weighted by Crippen LogP contribution is -2.43. The molecule has 0 saturated carbocycles. The highest BCUT2D eigenvalue weighted by Crippen LogP contribution is 2.25. The smallest absolute Gasteiger partial charge is 0.0712 e. The third-order valence-electron chi connectivity index (χ3n) is 6.32. The molecule has 2 fully saturated rings. The number of rotatable bonds is 6. The Hall–Kier alpha value is -1.16. The summed E-state index contributed by atoms with van der Waals surface area (Å²) in [6.45, 7) is 8.88. The molecule has 3 rings (SSSR count). The second-order valence-corrected chi connectivity index (χ2v) is 8.20. The van der Waals surface area contributed by atoms with Gasteiger partial charge in [-0.15, -0.1) is 0 Å². The number of likely N-dealkylation sites (tertiary alicyclic amines) is 1. The summed E-state index contributed by atoms with van der Waals surface area (Å²) in [4.78, 5) is 2.67. The minimum Gasteiger partial charge on any atom is -0.389 e. The van der Waals surface area contributed by atoms with Gasteiger partial charge >= 0.3 is 0 Å². The summed E-state index contributed by atoms with van der Waals surface area (Å²) in [7, 11) is 0. The fourth-order valence-electron chi connectivity index (χ4n) is 4.54. The monoisotopic (exact) mass is 356 g/mol. The Bertz CT molecular complexity index is 573. The predicted molar refractivity (Wildman–Crippen MR) is 110 cm³/mol. The summed E-state index contributed by atoms with van der Waals surface area (Å²) in [6, 6.07) is 9.61. The van der Waals surface area contributed by atoms with E-state index in [0.717, 1.165) is 38.4 Å². The van der Waals surface area contributed by atoms with E-state index in [9.17, 15) is 5.11 Å². The predicted octanol–water partition coefficient (Wildman–Crippen LogP) is 4.01. The SMILES string of the molecule is CCC(CC)N1CCC(=Cc2ccc(CC3(O)CCNCC3)cc2)CC1. The van der Waals surface area contributed by atoms with Crippen LogP contribution >= 0.6 is 0 Å². The summed E-state index contributed by atoms with van der Waals surface area (Å²) in [5.74, 6) is 0. The molecule has 26 heavy (non-hydrogen) atoms. The second kappa shape index (κ2) is 9.16. The average molecular weight is 357 g/mol. The molecule has 1 aromatic carbocycles. The van der Waals surface area contributed by atoms with Crippen LogP contribution in [0.5, 0.6) is 0 Å². The molecule has 2 saturated heterocycles. The zero-order chi connectivity index (χ0) is 18.4. The number of hydrogen-bond acceptors (Lipinski definition) is 3. The average Bonchev–Trinajstić information content (AvgIpc) is 2.66. The van der Waals surface area contributed by atoms with Gasteiger partial charge in [0, 0.05) is 25.6 Å². The molecule has 0 unspecified atom stereocenters. The Morgan fingerprint density at radius 3 is 2.27 bits per heavy atom. The maximum atomic E-state index is 10.7. The second-order valence-electron chi connectivity index (χ2n) is 8.20. The molecule has 3 heteroatoms. The van der Waals surface area contributed by atoms with Crippen LogP contribution in [0.1, 0.15) is 63.5 Å². The number of aliphatic hydroxyl groups is 1. The highest BCUT2D eigenvalue weighted by molar-refractivity contribution is 5.53. The summed E-state index contributed by atoms with van der Waals surface area (Å²) in [5, 5.41) is 14.0. The van der Waals surface area contributed by atoms with Crippen LogP contribution in [0.15, 0.2) is 29.8 Å². The molecule has 0 spiro atoms. The fraction of sp³-hybridized carbons (Fsp3) is 0.652. The van der Waals surface area contributed by atoms with Crippen LogP contribution in [-0.4, -0.2) is 47.8 Å². The summed E-state index contributed by atoms with van der Waals surface area (Å²) >= 11 is 0. The standard InChI is InChI=1S/C23H36N2O/c1-3-22(4-2)25-15-9-20(10-16-25)17-19-5-7-21(8-6-19)18-23(26)11-13-24-14-12-23/h5-8,17,22,24,26H,3-4,9-16,18H2,1-2H3. The molecule has 2 aliphatic heterocycles. The van der Waals surface area contributed by atoms with Crippen LogP contribution in [0, 0.1) is 0 Å². The fourth-order valence-corrected chi connectivity index (χ4v) is 4.54. The molecule has 2 aliphatic rings. The van der Waals surface area contributed by atoms with Crippen LogP contribution in [0.2, 0.25) is 0 Å². The quantitative estimate of drug-likeness (QED) is 0.808. The van der Waals surface area contributed by atoms with E-state index in [4.69, 9.17) is 0 Å². The van der Waals surface area contributed by atoms with Crippen LogP contribution in [-0.2, 0) is 6.42 Å². The van der Waals surface area contributed by atoms with E-state index in [2.05, 4.69) is 54.4 Å². The van der Waals surface area contributed by atoms with Crippen molar-refractivity contribution >= 4 is 6.08 Å². The molecule has 0 bridgehead atoms. The number of hydrogen-bond donors (Lipinski definition) is 2. The maximum Gasteiger partial charge on any atom is 0.0712 e. The van der Waals surface area contributed by atoms with Crippen LogP contribution in [0.4, 0.5) is 0 Å². The molecule has 0 aromatic heterocycles. The van der Waals surface area contributed by atoms with E-state index < -0.39 is 5.60 Å². The largest absolute Gasteiger partial charge is 0.389 e. The van der Waals surface area contributed by atoms with E-state index >= 15 is 0 Å². The Kier molecular flexibility index (Phi) is 6.91. The highest BCUT2D eigenvalue weighted by atomic mass is 16.3. The van der Waals surface area contributed by atoms with Gasteiger partial charge in [-0.2, -0.15) is 0 Å². The third kappa shape index (κ3) is 5.18. The van der Waals surface area contributed by atoms with E-state index in [1.165, 1.54) is 49.9 Å². The minimum atomic E-state index is -0.521. The molecule has 0 atom stereocenters. The molecule has 1 aromatic rings. The van der Waals surface area contributed by atoms with Gasteiger partial charge in [0.2, 0.25) is 0 Å². The van der Waals surface area contributed by atoms with Crippen LogP contribution in [0.25, 0.3) is 6.08 Å². The Balaban J connectivity index is 1.55. The third-order valence-corrected chi connectivity index (χ3v) is 6.32. The zero-order valence-electron chi connectivity index (χ0n) is 16.6. The number of nitrogens with zero attached hydrogens (tertiary/aromatic N) is 1. The van der Waals surface area contributed by atoms with Gasteiger partial charge in [-0.25, -0.2) is 0 Å².